The second-order valence-electron chi connectivity index (χ2n) is 4.70. The van der Waals surface area contributed by atoms with Crippen molar-refractivity contribution in [3.63, 3.8) is 0 Å². The molecule has 0 aliphatic rings. The molecule has 21 heavy (non-hydrogen) atoms. The van der Waals surface area contributed by atoms with E-state index in [1.165, 1.54) is 6.07 Å². The predicted octanol–water partition coefficient (Wildman–Crippen LogP) is 2.98. The molecule has 1 rings (SSSR count). The van der Waals surface area contributed by atoms with Crippen LogP contribution in [0.3, 0.4) is 0 Å². The van der Waals surface area contributed by atoms with E-state index in [1.54, 1.807) is 0 Å². The minimum absolute atomic E-state index is 0.102. The molecule has 0 amide bonds. The van der Waals surface area contributed by atoms with Crippen molar-refractivity contribution in [3.8, 4) is 5.75 Å². The quantitative estimate of drug-likeness (QED) is 0.536. The minimum atomic E-state index is -4.43. The second-order valence-corrected chi connectivity index (χ2v) is 6.12. The topological polar surface area (TPSA) is 101 Å². The summed E-state index contributed by atoms with van der Waals surface area (Å²) in [5.41, 5.74) is -0.279. The van der Waals surface area contributed by atoms with E-state index in [0.29, 0.717) is 6.61 Å². The molecule has 0 saturated heterocycles. The lowest BCUT2D eigenvalue weighted by atomic mass is 10.1. The van der Waals surface area contributed by atoms with Gasteiger partial charge in [0, 0.05) is 0 Å². The van der Waals surface area contributed by atoms with Crippen LogP contribution in [0.4, 0.5) is 0 Å². The summed E-state index contributed by atoms with van der Waals surface area (Å²) >= 11 is 0. The normalized spacial score (nSPS) is 11.3. The van der Waals surface area contributed by atoms with Gasteiger partial charge in [-0.15, -0.1) is 0 Å². The van der Waals surface area contributed by atoms with Crippen LogP contribution in [0.5, 0.6) is 5.75 Å². The molecule has 0 aliphatic heterocycles. The van der Waals surface area contributed by atoms with Crippen molar-refractivity contribution in [2.75, 3.05) is 6.61 Å². The van der Waals surface area contributed by atoms with Crippen molar-refractivity contribution >= 4 is 16.1 Å². The molecule has 7 heteroatoms. The minimum Gasteiger partial charge on any atom is -0.493 e. The highest BCUT2D eigenvalue weighted by molar-refractivity contribution is 7.85. The van der Waals surface area contributed by atoms with Gasteiger partial charge in [-0.1, -0.05) is 32.6 Å². The molecule has 0 radical (unpaired) electrons. The Balaban J connectivity index is 2.72. The lowest BCUT2D eigenvalue weighted by molar-refractivity contribution is 0.0692. The molecular weight excluding hydrogens is 296 g/mol. The van der Waals surface area contributed by atoms with Crippen molar-refractivity contribution in [1.82, 2.24) is 0 Å². The molecule has 0 unspecified atom stereocenters. The number of carboxylic acids is 1. The van der Waals surface area contributed by atoms with Gasteiger partial charge in [0.1, 0.15) is 11.3 Å². The van der Waals surface area contributed by atoms with E-state index in [2.05, 4.69) is 6.92 Å². The van der Waals surface area contributed by atoms with Crippen LogP contribution in [0.2, 0.25) is 0 Å². The lowest BCUT2D eigenvalue weighted by Gasteiger charge is -2.10. The molecule has 0 saturated carbocycles. The Kier molecular flexibility index (Phi) is 6.64. The molecule has 0 spiro atoms. The number of unbranched alkanes of at least 4 members (excludes halogenated alkanes) is 4. The number of hydrogen-bond donors (Lipinski definition) is 2. The van der Waals surface area contributed by atoms with E-state index < -0.39 is 21.0 Å². The number of carbonyl (C=O) groups is 1. The maximum absolute atomic E-state index is 11.1. The van der Waals surface area contributed by atoms with E-state index in [9.17, 15) is 13.2 Å². The third-order valence-corrected chi connectivity index (χ3v) is 3.83. The van der Waals surface area contributed by atoms with E-state index in [1.807, 2.05) is 0 Å². The first-order valence-corrected chi connectivity index (χ1v) is 8.28. The maximum Gasteiger partial charge on any atom is 0.339 e. The van der Waals surface area contributed by atoms with Gasteiger partial charge in [0.25, 0.3) is 10.1 Å². The van der Waals surface area contributed by atoms with Crippen LogP contribution < -0.4 is 4.74 Å². The molecule has 0 fully saturated rings. The second kappa shape index (κ2) is 7.99. The van der Waals surface area contributed by atoms with Gasteiger partial charge in [0.15, 0.2) is 0 Å². The molecule has 118 valence electrons. The summed E-state index contributed by atoms with van der Waals surface area (Å²) in [6.45, 7) is 2.49. The molecule has 0 atom stereocenters. The lowest BCUT2D eigenvalue weighted by Crippen LogP contribution is -2.07. The van der Waals surface area contributed by atoms with Gasteiger partial charge < -0.3 is 9.84 Å². The van der Waals surface area contributed by atoms with Gasteiger partial charge in [0.2, 0.25) is 0 Å². The highest BCUT2D eigenvalue weighted by Crippen LogP contribution is 2.23. The van der Waals surface area contributed by atoms with Crippen molar-refractivity contribution < 1.29 is 27.6 Å². The molecule has 0 aromatic heterocycles. The van der Waals surface area contributed by atoms with Crippen LogP contribution in [0.25, 0.3) is 0 Å². The van der Waals surface area contributed by atoms with Crippen LogP contribution in [0.1, 0.15) is 49.4 Å². The van der Waals surface area contributed by atoms with Crippen LogP contribution in [-0.2, 0) is 10.1 Å². The summed E-state index contributed by atoms with van der Waals surface area (Å²) in [6.07, 6.45) is 5.20. The van der Waals surface area contributed by atoms with E-state index in [4.69, 9.17) is 14.4 Å². The SMILES string of the molecule is CCCCCCCOc1ccc(S(=O)(=O)O)cc1C(=O)O. The summed E-state index contributed by atoms with van der Waals surface area (Å²) in [7, 11) is -4.43. The van der Waals surface area contributed by atoms with Crippen LogP contribution in [0, 0.1) is 0 Å². The fourth-order valence-corrected chi connectivity index (χ4v) is 2.36. The smallest absolute Gasteiger partial charge is 0.339 e. The Morgan fingerprint density at radius 3 is 2.43 bits per heavy atom. The Morgan fingerprint density at radius 2 is 1.86 bits per heavy atom. The highest BCUT2D eigenvalue weighted by atomic mass is 32.2. The average molecular weight is 316 g/mol. The molecule has 2 N–H and O–H groups in total. The van der Waals surface area contributed by atoms with E-state index in [0.717, 1.165) is 44.2 Å². The summed E-state index contributed by atoms with van der Waals surface area (Å²) in [4.78, 5) is 10.7. The molecule has 0 aliphatic carbocycles. The highest BCUT2D eigenvalue weighted by Gasteiger charge is 2.17. The third kappa shape index (κ3) is 5.73. The zero-order valence-corrected chi connectivity index (χ0v) is 12.7. The number of hydrogen-bond acceptors (Lipinski definition) is 4. The molecular formula is C14H20O6S. The average Bonchev–Trinajstić information content (AvgIpc) is 2.41. The first kappa shape index (κ1) is 17.5. The van der Waals surface area contributed by atoms with Crippen LogP contribution in [0.15, 0.2) is 23.1 Å². The van der Waals surface area contributed by atoms with Crippen molar-refractivity contribution in [3.05, 3.63) is 23.8 Å². The Morgan fingerprint density at radius 1 is 1.19 bits per heavy atom. The summed E-state index contributed by atoms with van der Waals surface area (Å²) in [6, 6.07) is 3.26. The third-order valence-electron chi connectivity index (χ3n) is 2.98. The molecule has 1 aromatic rings. The monoisotopic (exact) mass is 316 g/mol. The zero-order valence-electron chi connectivity index (χ0n) is 11.9. The van der Waals surface area contributed by atoms with Gasteiger partial charge in [0.05, 0.1) is 11.5 Å². The number of aromatic carboxylic acids is 1. The van der Waals surface area contributed by atoms with Gasteiger partial charge in [-0.25, -0.2) is 4.79 Å². The first-order chi connectivity index (χ1) is 9.86. The predicted molar refractivity (Wildman–Crippen MR) is 77.5 cm³/mol. The van der Waals surface area contributed by atoms with Crippen molar-refractivity contribution in [2.45, 2.75) is 43.9 Å². The summed E-state index contributed by atoms with van der Waals surface area (Å²) in [5.74, 6) is -1.20. The first-order valence-electron chi connectivity index (χ1n) is 6.84. The number of ether oxygens (including phenoxy) is 1. The Bertz CT molecular complexity index is 579. The Hall–Kier alpha value is -1.60. The van der Waals surface area contributed by atoms with Crippen molar-refractivity contribution in [2.24, 2.45) is 0 Å². The fraction of sp³-hybridized carbons (Fsp3) is 0.500. The van der Waals surface area contributed by atoms with E-state index in [-0.39, 0.29) is 11.3 Å². The molecule has 0 heterocycles. The van der Waals surface area contributed by atoms with Crippen molar-refractivity contribution in [1.29, 1.82) is 0 Å². The van der Waals surface area contributed by atoms with Gasteiger partial charge in [-0.2, -0.15) is 8.42 Å². The zero-order chi connectivity index (χ0) is 15.9. The van der Waals surface area contributed by atoms with Crippen LogP contribution >= 0.6 is 0 Å². The van der Waals surface area contributed by atoms with Gasteiger partial charge >= 0.3 is 5.97 Å². The number of carboxylic acid groups (broad SMARTS) is 1. The van der Waals surface area contributed by atoms with Gasteiger partial charge in [-0.3, -0.25) is 4.55 Å². The summed E-state index contributed by atoms with van der Waals surface area (Å²) < 4.78 is 36.3. The number of rotatable bonds is 9. The Labute approximate surface area is 124 Å². The van der Waals surface area contributed by atoms with Crippen LogP contribution in [-0.4, -0.2) is 30.7 Å². The summed E-state index contributed by atoms with van der Waals surface area (Å²) in [5, 5.41) is 9.07. The number of benzene rings is 1. The van der Waals surface area contributed by atoms with E-state index >= 15 is 0 Å². The largest absolute Gasteiger partial charge is 0.493 e. The maximum atomic E-state index is 11.1. The molecule has 0 bridgehead atoms. The molecule has 6 nitrogen and oxygen atoms in total. The standard InChI is InChI=1S/C14H20O6S/c1-2-3-4-5-6-9-20-13-8-7-11(21(17,18)19)10-12(13)14(15)16/h7-8,10H,2-6,9H2,1H3,(H,15,16)(H,17,18,19). The van der Waals surface area contributed by atoms with Gasteiger partial charge in [-0.05, 0) is 24.6 Å². The molecule has 1 aromatic carbocycles. The fourth-order valence-electron chi connectivity index (χ4n) is 1.85.